The second-order valence-electron chi connectivity index (χ2n) is 6.45. The number of amides is 1. The number of anilines is 1. The van der Waals surface area contributed by atoms with Crippen LogP contribution in [0.2, 0.25) is 0 Å². The molecule has 0 bridgehead atoms. The lowest BCUT2D eigenvalue weighted by Gasteiger charge is -2.28. The van der Waals surface area contributed by atoms with Crippen molar-refractivity contribution < 1.29 is 24.4 Å². The van der Waals surface area contributed by atoms with E-state index >= 15 is 0 Å². The summed E-state index contributed by atoms with van der Waals surface area (Å²) in [5, 5.41) is 10.1. The molecule has 1 fully saturated rings. The van der Waals surface area contributed by atoms with E-state index in [1.54, 1.807) is 16.8 Å². The van der Waals surface area contributed by atoms with Crippen LogP contribution in [0.3, 0.4) is 0 Å². The topological polar surface area (TPSA) is 58.6 Å². The van der Waals surface area contributed by atoms with Crippen molar-refractivity contribution >= 4 is 11.6 Å². The maximum absolute atomic E-state index is 11.3. The molecule has 0 unspecified atom stereocenters. The van der Waals surface area contributed by atoms with Crippen LogP contribution >= 0.6 is 0 Å². The molecule has 1 saturated heterocycles. The lowest BCUT2D eigenvalue weighted by molar-refractivity contribution is -1.00. The van der Waals surface area contributed by atoms with E-state index in [-0.39, 0.29) is 5.91 Å². The number of rotatable bonds is 6. The summed E-state index contributed by atoms with van der Waals surface area (Å²) < 4.78 is 5.65. The van der Waals surface area contributed by atoms with Crippen LogP contribution in [0.25, 0.3) is 0 Å². The van der Waals surface area contributed by atoms with Crippen molar-refractivity contribution in [3.8, 4) is 5.75 Å². The van der Waals surface area contributed by atoms with Gasteiger partial charge in [0.2, 0.25) is 5.91 Å². The van der Waals surface area contributed by atoms with Crippen LogP contribution in [0.5, 0.6) is 5.75 Å². The highest BCUT2D eigenvalue weighted by atomic mass is 16.5. The summed E-state index contributed by atoms with van der Waals surface area (Å²) in [6.07, 6.45) is -0.456. The Morgan fingerprint density at radius 2 is 1.87 bits per heavy atom. The van der Waals surface area contributed by atoms with Crippen LogP contribution in [0, 0.1) is 0 Å². The van der Waals surface area contributed by atoms with E-state index in [0.29, 0.717) is 12.4 Å². The molecule has 128 valence electrons. The standard InChI is InChI=1S/C17H27N3O3/c1-14(21)19(3)15-4-6-17(7-5-15)23-13-16(22)12-20-10-8-18(2)9-11-20/h4-7,16,22H,8-13H2,1-3H3/p+2/t16-/m0/s1. The van der Waals surface area contributed by atoms with Crippen LogP contribution in [-0.4, -0.2) is 70.5 Å². The van der Waals surface area contributed by atoms with Gasteiger partial charge in [0.05, 0.1) is 7.05 Å². The third kappa shape index (κ3) is 5.49. The van der Waals surface area contributed by atoms with Crippen LogP contribution in [-0.2, 0) is 4.79 Å². The highest BCUT2D eigenvalue weighted by Crippen LogP contribution is 2.18. The number of aliphatic hydroxyl groups excluding tert-OH is 1. The zero-order valence-electron chi connectivity index (χ0n) is 14.3. The molecule has 1 heterocycles. The number of quaternary nitrogens is 2. The van der Waals surface area contributed by atoms with Gasteiger partial charge in [-0.25, -0.2) is 0 Å². The van der Waals surface area contributed by atoms with Crippen molar-refractivity contribution in [1.29, 1.82) is 0 Å². The first-order valence-corrected chi connectivity index (χ1v) is 8.26. The van der Waals surface area contributed by atoms with Gasteiger partial charge in [-0.05, 0) is 24.3 Å². The maximum atomic E-state index is 11.3. The number of piperazine rings is 1. The molecule has 23 heavy (non-hydrogen) atoms. The smallest absolute Gasteiger partial charge is 0.223 e. The van der Waals surface area contributed by atoms with Crippen molar-refractivity contribution in [2.45, 2.75) is 13.0 Å². The number of nitrogens with one attached hydrogen (secondary N) is 2. The summed E-state index contributed by atoms with van der Waals surface area (Å²) in [7, 11) is 3.95. The number of likely N-dealkylation sites (N-methyl/N-ethyl adjacent to an activating group) is 1. The summed E-state index contributed by atoms with van der Waals surface area (Å²) in [5.41, 5.74) is 0.828. The molecule has 1 amide bonds. The Balaban J connectivity index is 1.75. The Labute approximate surface area is 138 Å². The van der Waals surface area contributed by atoms with Gasteiger partial charge in [0.1, 0.15) is 51.2 Å². The minimum absolute atomic E-state index is 0.00826. The van der Waals surface area contributed by atoms with E-state index < -0.39 is 6.10 Å². The first kappa shape index (κ1) is 17.7. The van der Waals surface area contributed by atoms with Gasteiger partial charge < -0.3 is 24.5 Å². The van der Waals surface area contributed by atoms with Crippen molar-refractivity contribution in [3.63, 3.8) is 0 Å². The second-order valence-corrected chi connectivity index (χ2v) is 6.45. The third-order valence-corrected chi connectivity index (χ3v) is 4.47. The van der Waals surface area contributed by atoms with E-state index in [0.717, 1.165) is 38.4 Å². The number of benzene rings is 1. The summed E-state index contributed by atoms with van der Waals surface area (Å²) in [4.78, 5) is 15.9. The van der Waals surface area contributed by atoms with Gasteiger partial charge in [-0.3, -0.25) is 4.79 Å². The Morgan fingerprint density at radius 1 is 1.26 bits per heavy atom. The van der Waals surface area contributed by atoms with Crippen molar-refractivity contribution in [3.05, 3.63) is 24.3 Å². The predicted molar refractivity (Wildman–Crippen MR) is 89.2 cm³/mol. The van der Waals surface area contributed by atoms with Crippen LogP contribution < -0.4 is 19.4 Å². The van der Waals surface area contributed by atoms with Gasteiger partial charge in [0.15, 0.2) is 0 Å². The summed E-state index contributed by atoms with van der Waals surface area (Å²) >= 11 is 0. The highest BCUT2D eigenvalue weighted by molar-refractivity contribution is 5.90. The molecule has 0 saturated carbocycles. The van der Waals surface area contributed by atoms with Crippen LogP contribution in [0.4, 0.5) is 5.69 Å². The molecule has 6 nitrogen and oxygen atoms in total. The molecular weight excluding hydrogens is 294 g/mol. The Bertz CT molecular complexity index is 498. The number of carbonyl (C=O) groups excluding carboxylic acids is 1. The SMILES string of the molecule is CC(=O)N(C)c1ccc(OC[C@@H](O)C[NH+]2CC[NH+](C)CC2)cc1. The molecule has 0 radical (unpaired) electrons. The minimum Gasteiger partial charge on any atom is -0.491 e. The van der Waals surface area contributed by atoms with Gasteiger partial charge in [-0.2, -0.15) is 0 Å². The molecule has 0 aromatic heterocycles. The number of ether oxygens (including phenoxy) is 1. The molecule has 1 aromatic carbocycles. The Hall–Kier alpha value is -1.63. The van der Waals surface area contributed by atoms with Gasteiger partial charge in [-0.15, -0.1) is 0 Å². The van der Waals surface area contributed by atoms with Crippen LogP contribution in [0.15, 0.2) is 24.3 Å². The first-order valence-electron chi connectivity index (χ1n) is 8.26. The number of aliphatic hydroxyl groups is 1. The number of hydrogen-bond donors (Lipinski definition) is 3. The summed E-state index contributed by atoms with van der Waals surface area (Å²) in [6.45, 7) is 7.10. The van der Waals surface area contributed by atoms with Crippen molar-refractivity contribution in [1.82, 2.24) is 0 Å². The molecule has 1 aliphatic rings. The normalized spacial score (nSPS) is 22.4. The van der Waals surface area contributed by atoms with Crippen molar-refractivity contribution in [2.75, 3.05) is 58.3 Å². The zero-order valence-corrected chi connectivity index (χ0v) is 14.3. The highest BCUT2D eigenvalue weighted by Gasteiger charge is 2.22. The molecular formula is C17H29N3O3+2. The third-order valence-electron chi connectivity index (χ3n) is 4.47. The minimum atomic E-state index is -0.456. The van der Waals surface area contributed by atoms with Gasteiger partial charge in [0.25, 0.3) is 0 Å². The second kappa shape index (κ2) is 8.29. The monoisotopic (exact) mass is 323 g/mol. The Morgan fingerprint density at radius 3 is 2.43 bits per heavy atom. The number of hydrogen-bond acceptors (Lipinski definition) is 3. The quantitative estimate of drug-likeness (QED) is 0.558. The van der Waals surface area contributed by atoms with Crippen LogP contribution in [0.1, 0.15) is 6.92 Å². The molecule has 0 spiro atoms. The number of nitrogens with zero attached hydrogens (tertiary/aromatic N) is 1. The molecule has 0 aliphatic carbocycles. The lowest BCUT2D eigenvalue weighted by Crippen LogP contribution is -3.27. The molecule has 1 aromatic rings. The predicted octanol–water partition coefficient (Wildman–Crippen LogP) is -2.18. The number of carbonyl (C=O) groups is 1. The van der Waals surface area contributed by atoms with E-state index in [9.17, 15) is 9.90 Å². The average Bonchev–Trinajstić information content (AvgIpc) is 2.55. The molecule has 1 atom stereocenters. The van der Waals surface area contributed by atoms with Gasteiger partial charge in [0, 0.05) is 19.7 Å². The van der Waals surface area contributed by atoms with Gasteiger partial charge in [-0.1, -0.05) is 0 Å². The molecule has 6 heteroatoms. The lowest BCUT2D eigenvalue weighted by atomic mass is 10.2. The fraction of sp³-hybridized carbons (Fsp3) is 0.588. The maximum Gasteiger partial charge on any atom is 0.223 e. The fourth-order valence-electron chi connectivity index (χ4n) is 2.77. The van der Waals surface area contributed by atoms with E-state index in [4.69, 9.17) is 4.74 Å². The average molecular weight is 323 g/mol. The van der Waals surface area contributed by atoms with E-state index in [1.807, 2.05) is 24.3 Å². The molecule has 2 rings (SSSR count). The summed E-state index contributed by atoms with van der Waals surface area (Å²) in [6, 6.07) is 7.34. The fourth-order valence-corrected chi connectivity index (χ4v) is 2.77. The summed E-state index contributed by atoms with van der Waals surface area (Å²) in [5.74, 6) is 0.702. The largest absolute Gasteiger partial charge is 0.491 e. The van der Waals surface area contributed by atoms with E-state index in [2.05, 4.69) is 7.05 Å². The molecule has 1 aliphatic heterocycles. The van der Waals surface area contributed by atoms with E-state index in [1.165, 1.54) is 11.8 Å². The van der Waals surface area contributed by atoms with Gasteiger partial charge >= 0.3 is 0 Å². The Kier molecular flexibility index (Phi) is 6.38. The molecule has 3 N–H and O–H groups in total. The first-order chi connectivity index (χ1) is 11.0. The van der Waals surface area contributed by atoms with Crippen molar-refractivity contribution in [2.24, 2.45) is 0 Å². The zero-order chi connectivity index (χ0) is 16.8.